The molecule has 1 aromatic carbocycles. The highest BCUT2D eigenvalue weighted by Crippen LogP contribution is 2.25. The summed E-state index contributed by atoms with van der Waals surface area (Å²) in [4.78, 5) is 14.6. The minimum atomic E-state index is -2.74. The Hall–Kier alpha value is -2.33. The van der Waals surface area contributed by atoms with Gasteiger partial charge in [0.1, 0.15) is 6.42 Å². The first-order valence-corrected chi connectivity index (χ1v) is 7.19. The van der Waals surface area contributed by atoms with Crippen molar-refractivity contribution in [3.8, 4) is 6.07 Å². The number of aromatic amines is 1. The van der Waals surface area contributed by atoms with Crippen LogP contribution in [0.4, 0.5) is 5.69 Å². The zero-order chi connectivity index (χ0) is 14.7. The third kappa shape index (κ3) is 2.81. The van der Waals surface area contributed by atoms with E-state index in [0.717, 1.165) is 10.9 Å². The molecule has 0 radical (unpaired) electrons. The third-order valence-corrected chi connectivity index (χ3v) is 3.40. The van der Waals surface area contributed by atoms with Crippen molar-refractivity contribution in [1.82, 2.24) is 4.98 Å². The summed E-state index contributed by atoms with van der Waals surface area (Å²) in [5.74, 6) is -0.286. The summed E-state index contributed by atoms with van der Waals surface area (Å²) >= 11 is 0. The molecule has 0 aliphatic rings. The summed E-state index contributed by atoms with van der Waals surface area (Å²) in [5, 5.41) is 9.35. The molecule has 2 rings (SSSR count). The fraction of sp³-hybridized carbons (Fsp3) is 0.231. The molecule has 0 fully saturated rings. The Kier molecular flexibility index (Phi) is 4.05. The summed E-state index contributed by atoms with van der Waals surface area (Å²) < 4.78 is 24.0. The fourth-order valence-corrected chi connectivity index (χ4v) is 2.44. The number of nitrogens with zero attached hydrogens (tertiary/aromatic N) is 1. The van der Waals surface area contributed by atoms with Gasteiger partial charge in [-0.25, -0.2) is 8.42 Å². The van der Waals surface area contributed by atoms with E-state index < -0.39 is 10.9 Å². The van der Waals surface area contributed by atoms with Crippen LogP contribution in [-0.2, 0) is 17.3 Å². The molecule has 2 aromatic rings. The van der Waals surface area contributed by atoms with E-state index in [1.165, 1.54) is 0 Å². The Morgan fingerprint density at radius 3 is 2.75 bits per heavy atom. The highest BCUT2D eigenvalue weighted by atomic mass is 32.2. The molecule has 0 saturated carbocycles. The van der Waals surface area contributed by atoms with E-state index in [1.807, 2.05) is 19.1 Å². The van der Waals surface area contributed by atoms with Crippen LogP contribution in [0.15, 0.2) is 18.2 Å². The van der Waals surface area contributed by atoms with Crippen molar-refractivity contribution < 1.29 is 13.2 Å². The maximum Gasteiger partial charge on any atom is 0.222 e. The average molecular weight is 291 g/mol. The second-order valence-corrected chi connectivity index (χ2v) is 5.00. The van der Waals surface area contributed by atoms with Crippen LogP contribution in [0.2, 0.25) is 0 Å². The lowest BCUT2D eigenvalue weighted by molar-refractivity contribution is 0.0994. The number of carbonyl (C=O) groups excluding carboxylic acids is 1. The van der Waals surface area contributed by atoms with E-state index in [0.29, 0.717) is 23.3 Å². The first-order chi connectivity index (χ1) is 9.55. The lowest BCUT2D eigenvalue weighted by Crippen LogP contribution is -1.99. The van der Waals surface area contributed by atoms with E-state index >= 15 is 0 Å². The summed E-state index contributed by atoms with van der Waals surface area (Å²) in [6, 6.07) is 6.97. The topological polar surface area (TPSA) is 103 Å². The van der Waals surface area contributed by atoms with Crippen LogP contribution in [0.1, 0.15) is 29.4 Å². The Morgan fingerprint density at radius 1 is 1.40 bits per heavy atom. The standard InChI is InChI=1S/C13H13N3O3S/c1-2-8-5-9-6-12(13(17)3-4-14)15-10(9)7-11(8)16-20(18)19/h5-7,15,20H,2-3H2,1H3,(H,16,18,19). The zero-order valence-electron chi connectivity index (χ0n) is 10.8. The van der Waals surface area contributed by atoms with E-state index in [1.54, 1.807) is 12.1 Å². The molecule has 0 atom stereocenters. The predicted molar refractivity (Wildman–Crippen MR) is 76.2 cm³/mol. The van der Waals surface area contributed by atoms with Gasteiger partial charge >= 0.3 is 0 Å². The number of thiol groups is 1. The highest BCUT2D eigenvalue weighted by molar-refractivity contribution is 7.73. The number of fused-ring (bicyclic) bond motifs is 1. The van der Waals surface area contributed by atoms with Gasteiger partial charge in [0, 0.05) is 10.9 Å². The van der Waals surface area contributed by atoms with Crippen LogP contribution >= 0.6 is 0 Å². The smallest absolute Gasteiger partial charge is 0.222 e. The van der Waals surface area contributed by atoms with Gasteiger partial charge in [-0.05, 0) is 30.2 Å². The normalized spacial score (nSPS) is 10.7. The molecule has 0 unspecified atom stereocenters. The Morgan fingerprint density at radius 2 is 2.15 bits per heavy atom. The summed E-state index contributed by atoms with van der Waals surface area (Å²) in [5.41, 5.74) is 2.35. The molecule has 0 aliphatic carbocycles. The van der Waals surface area contributed by atoms with Crippen molar-refractivity contribution in [1.29, 1.82) is 5.26 Å². The molecule has 7 heteroatoms. The molecule has 6 nitrogen and oxygen atoms in total. The maximum atomic E-state index is 11.7. The number of hydrogen-bond acceptors (Lipinski definition) is 4. The first-order valence-electron chi connectivity index (χ1n) is 6.02. The molecule has 0 saturated heterocycles. The number of nitriles is 1. The molecule has 0 bridgehead atoms. The number of hydrogen-bond donors (Lipinski definition) is 3. The number of H-pyrrole nitrogens is 1. The molecule has 0 spiro atoms. The number of Topliss-reactive ketones (excluding diaryl/α,β-unsaturated/α-hetero) is 1. The molecule has 20 heavy (non-hydrogen) atoms. The van der Waals surface area contributed by atoms with Gasteiger partial charge in [0.15, 0.2) is 5.78 Å². The second-order valence-electron chi connectivity index (χ2n) is 4.26. The van der Waals surface area contributed by atoms with Gasteiger partial charge in [0.05, 0.1) is 17.5 Å². The van der Waals surface area contributed by atoms with Crippen molar-refractivity contribution in [2.75, 3.05) is 4.72 Å². The minimum absolute atomic E-state index is 0.189. The Balaban J connectivity index is 2.52. The van der Waals surface area contributed by atoms with Crippen molar-refractivity contribution >= 4 is 33.3 Å². The SMILES string of the molecule is CCc1cc2cc(C(=O)CC#N)[nH]c2cc1N[SH](=O)=O. The lowest BCUT2D eigenvalue weighted by atomic mass is 10.1. The van der Waals surface area contributed by atoms with Crippen LogP contribution < -0.4 is 4.72 Å². The molecule has 0 amide bonds. The van der Waals surface area contributed by atoms with Crippen molar-refractivity contribution in [2.45, 2.75) is 19.8 Å². The van der Waals surface area contributed by atoms with Crippen LogP contribution in [0.3, 0.4) is 0 Å². The van der Waals surface area contributed by atoms with Crippen LogP contribution in [-0.4, -0.2) is 19.2 Å². The van der Waals surface area contributed by atoms with Gasteiger partial charge in [0.2, 0.25) is 10.9 Å². The minimum Gasteiger partial charge on any atom is -0.352 e. The number of ketones is 1. The van der Waals surface area contributed by atoms with Gasteiger partial charge in [-0.15, -0.1) is 0 Å². The van der Waals surface area contributed by atoms with Crippen LogP contribution in [0.25, 0.3) is 10.9 Å². The summed E-state index contributed by atoms with van der Waals surface area (Å²) in [7, 11) is -2.74. The highest BCUT2D eigenvalue weighted by Gasteiger charge is 2.11. The van der Waals surface area contributed by atoms with Crippen molar-refractivity contribution in [3.63, 3.8) is 0 Å². The average Bonchev–Trinajstić information content (AvgIpc) is 2.80. The largest absolute Gasteiger partial charge is 0.352 e. The van der Waals surface area contributed by atoms with Gasteiger partial charge in [-0.3, -0.25) is 9.52 Å². The number of aryl methyl sites for hydroxylation is 1. The molecule has 0 aliphatic heterocycles. The van der Waals surface area contributed by atoms with Gasteiger partial charge in [-0.1, -0.05) is 6.92 Å². The summed E-state index contributed by atoms with van der Waals surface area (Å²) in [6.07, 6.45) is 0.471. The van der Waals surface area contributed by atoms with E-state index in [4.69, 9.17) is 5.26 Å². The third-order valence-electron chi connectivity index (χ3n) is 2.98. The van der Waals surface area contributed by atoms with Crippen LogP contribution in [0, 0.1) is 11.3 Å². The van der Waals surface area contributed by atoms with E-state index in [9.17, 15) is 13.2 Å². The van der Waals surface area contributed by atoms with Crippen LogP contribution in [0.5, 0.6) is 0 Å². The fourth-order valence-electron chi connectivity index (χ4n) is 2.04. The van der Waals surface area contributed by atoms with Gasteiger partial charge < -0.3 is 4.98 Å². The van der Waals surface area contributed by atoms with Crippen molar-refractivity contribution in [2.24, 2.45) is 0 Å². The Labute approximate surface area is 117 Å². The molecule has 2 N–H and O–H groups in total. The molecular formula is C13H13N3O3S. The Bertz CT molecular complexity index is 776. The monoisotopic (exact) mass is 291 g/mol. The molecular weight excluding hydrogens is 278 g/mol. The van der Waals surface area contributed by atoms with E-state index in [-0.39, 0.29) is 12.2 Å². The van der Waals surface area contributed by atoms with E-state index in [2.05, 4.69) is 9.71 Å². The number of anilines is 1. The first kappa shape index (κ1) is 14.1. The maximum absolute atomic E-state index is 11.7. The number of rotatable bonds is 5. The van der Waals surface area contributed by atoms with Crippen molar-refractivity contribution in [3.05, 3.63) is 29.5 Å². The summed E-state index contributed by atoms with van der Waals surface area (Å²) in [6.45, 7) is 1.92. The predicted octanol–water partition coefficient (Wildman–Crippen LogP) is 1.76. The number of nitrogens with one attached hydrogen (secondary N) is 2. The second kappa shape index (κ2) is 5.75. The number of benzene rings is 1. The zero-order valence-corrected chi connectivity index (χ0v) is 11.7. The molecule has 1 heterocycles. The number of carbonyl (C=O) groups is 1. The molecule has 104 valence electrons. The lowest BCUT2D eigenvalue weighted by Gasteiger charge is -2.06. The number of aromatic nitrogens is 1. The van der Waals surface area contributed by atoms with Gasteiger partial charge in [-0.2, -0.15) is 5.26 Å². The quantitative estimate of drug-likeness (QED) is 0.577. The van der Waals surface area contributed by atoms with Gasteiger partial charge in [0.25, 0.3) is 0 Å². The molecule has 1 aromatic heterocycles.